The fraction of sp³-hybridized carbons (Fsp3) is 0.267. The molecule has 2 aromatic rings. The van der Waals surface area contributed by atoms with Gasteiger partial charge in [0.2, 0.25) is 0 Å². The van der Waals surface area contributed by atoms with E-state index in [1.807, 2.05) is 30.3 Å². The van der Waals surface area contributed by atoms with Crippen molar-refractivity contribution in [2.24, 2.45) is 0 Å². The molecule has 94 valence electrons. The van der Waals surface area contributed by atoms with Gasteiger partial charge in [-0.2, -0.15) is 0 Å². The van der Waals surface area contributed by atoms with Crippen molar-refractivity contribution >= 4 is 0 Å². The summed E-state index contributed by atoms with van der Waals surface area (Å²) in [5.74, 6) is 0.931. The molecule has 0 aliphatic rings. The van der Waals surface area contributed by atoms with Gasteiger partial charge in [0.15, 0.2) is 0 Å². The van der Waals surface area contributed by atoms with Gasteiger partial charge >= 0.3 is 0 Å². The fourth-order valence-electron chi connectivity index (χ4n) is 1.68. The first-order chi connectivity index (χ1) is 8.84. The molecule has 0 spiro atoms. The number of rotatable bonds is 6. The van der Waals surface area contributed by atoms with Gasteiger partial charge in [0.25, 0.3) is 0 Å². The third kappa shape index (κ3) is 4.18. The number of hydrogen-bond acceptors (Lipinski definition) is 3. The van der Waals surface area contributed by atoms with Crippen LogP contribution >= 0.6 is 0 Å². The fourth-order valence-corrected chi connectivity index (χ4v) is 1.68. The van der Waals surface area contributed by atoms with Gasteiger partial charge in [-0.25, -0.2) is 0 Å². The molecule has 0 bridgehead atoms. The van der Waals surface area contributed by atoms with E-state index in [1.54, 1.807) is 12.4 Å². The van der Waals surface area contributed by atoms with Crippen molar-refractivity contribution in [3.63, 3.8) is 0 Å². The molecule has 0 radical (unpaired) electrons. The van der Waals surface area contributed by atoms with Gasteiger partial charge < -0.3 is 10.1 Å². The second kappa shape index (κ2) is 6.77. The summed E-state index contributed by atoms with van der Waals surface area (Å²) in [6, 6.07) is 12.1. The zero-order valence-electron chi connectivity index (χ0n) is 10.6. The van der Waals surface area contributed by atoms with Crippen LogP contribution < -0.4 is 10.1 Å². The maximum Gasteiger partial charge on any atom is 0.119 e. The van der Waals surface area contributed by atoms with E-state index >= 15 is 0 Å². The average Bonchev–Trinajstić information content (AvgIpc) is 2.40. The number of hydrogen-bond donors (Lipinski definition) is 1. The second-order valence-electron chi connectivity index (χ2n) is 4.20. The molecule has 0 amide bonds. The Balaban J connectivity index is 1.65. The zero-order chi connectivity index (χ0) is 12.6. The van der Waals surface area contributed by atoms with Crippen molar-refractivity contribution in [2.45, 2.75) is 13.5 Å². The molecule has 18 heavy (non-hydrogen) atoms. The predicted molar refractivity (Wildman–Crippen MR) is 72.6 cm³/mol. The molecule has 0 saturated heterocycles. The molecule has 1 N–H and O–H groups in total. The van der Waals surface area contributed by atoms with Gasteiger partial charge in [-0.05, 0) is 42.3 Å². The minimum Gasteiger partial charge on any atom is -0.492 e. The number of nitrogens with zero attached hydrogens (tertiary/aromatic N) is 1. The van der Waals surface area contributed by atoms with Gasteiger partial charge in [0, 0.05) is 25.5 Å². The molecule has 3 nitrogen and oxygen atoms in total. The highest BCUT2D eigenvalue weighted by molar-refractivity contribution is 5.27. The van der Waals surface area contributed by atoms with Gasteiger partial charge in [-0.15, -0.1) is 0 Å². The highest BCUT2D eigenvalue weighted by atomic mass is 16.5. The Morgan fingerprint density at radius 2 is 2.00 bits per heavy atom. The molecular weight excluding hydrogens is 224 g/mol. The molecule has 1 aromatic carbocycles. The predicted octanol–water partition coefficient (Wildman–Crippen LogP) is 2.56. The highest BCUT2D eigenvalue weighted by Crippen LogP contribution is 2.11. The van der Waals surface area contributed by atoms with E-state index in [9.17, 15) is 0 Å². The van der Waals surface area contributed by atoms with Crippen LogP contribution in [0.4, 0.5) is 0 Å². The lowest BCUT2D eigenvalue weighted by atomic mass is 10.2. The van der Waals surface area contributed by atoms with Crippen molar-refractivity contribution in [3.05, 3.63) is 59.9 Å². The van der Waals surface area contributed by atoms with Crippen molar-refractivity contribution in [1.82, 2.24) is 10.3 Å². The zero-order valence-corrected chi connectivity index (χ0v) is 10.6. The quantitative estimate of drug-likeness (QED) is 0.790. The lowest BCUT2D eigenvalue weighted by molar-refractivity contribution is 0.313. The Morgan fingerprint density at radius 1 is 1.17 bits per heavy atom. The standard InChI is InChI=1S/C15H18N2O/c1-13-3-2-4-15(11-13)18-10-9-17-12-14-5-7-16-8-6-14/h2-8,11,17H,9-10,12H2,1H3. The monoisotopic (exact) mass is 242 g/mol. The maximum absolute atomic E-state index is 5.65. The van der Waals surface area contributed by atoms with Gasteiger partial charge in [0.1, 0.15) is 12.4 Å². The largest absolute Gasteiger partial charge is 0.492 e. The second-order valence-corrected chi connectivity index (χ2v) is 4.20. The minimum absolute atomic E-state index is 0.675. The lowest BCUT2D eigenvalue weighted by Crippen LogP contribution is -2.20. The Kier molecular flexibility index (Phi) is 4.73. The van der Waals surface area contributed by atoms with Crippen molar-refractivity contribution in [3.8, 4) is 5.75 Å². The van der Waals surface area contributed by atoms with E-state index in [0.717, 1.165) is 18.8 Å². The van der Waals surface area contributed by atoms with Crippen LogP contribution in [0.2, 0.25) is 0 Å². The van der Waals surface area contributed by atoms with Crippen LogP contribution in [0.3, 0.4) is 0 Å². The Hall–Kier alpha value is -1.87. The van der Waals surface area contributed by atoms with Crippen LogP contribution in [0.5, 0.6) is 5.75 Å². The summed E-state index contributed by atoms with van der Waals surface area (Å²) in [7, 11) is 0. The molecule has 0 unspecified atom stereocenters. The van der Waals surface area contributed by atoms with E-state index in [1.165, 1.54) is 11.1 Å². The molecular formula is C15H18N2O. The van der Waals surface area contributed by atoms with Gasteiger partial charge in [-0.1, -0.05) is 12.1 Å². The third-order valence-corrected chi connectivity index (χ3v) is 2.62. The Morgan fingerprint density at radius 3 is 2.78 bits per heavy atom. The van der Waals surface area contributed by atoms with Crippen LogP contribution in [0.15, 0.2) is 48.8 Å². The average molecular weight is 242 g/mol. The van der Waals surface area contributed by atoms with Gasteiger partial charge in [-0.3, -0.25) is 4.98 Å². The minimum atomic E-state index is 0.675. The number of aryl methyl sites for hydroxylation is 1. The van der Waals surface area contributed by atoms with Crippen molar-refractivity contribution < 1.29 is 4.74 Å². The number of pyridine rings is 1. The summed E-state index contributed by atoms with van der Waals surface area (Å²) in [4.78, 5) is 3.99. The SMILES string of the molecule is Cc1cccc(OCCNCc2ccncc2)c1. The van der Waals surface area contributed by atoms with Gasteiger partial charge in [0.05, 0.1) is 0 Å². The smallest absolute Gasteiger partial charge is 0.119 e. The van der Waals surface area contributed by atoms with Crippen LogP contribution in [-0.4, -0.2) is 18.1 Å². The summed E-state index contributed by atoms with van der Waals surface area (Å²) in [5, 5.41) is 3.33. The van der Waals surface area contributed by atoms with E-state index in [0.29, 0.717) is 6.61 Å². The number of aromatic nitrogens is 1. The van der Waals surface area contributed by atoms with Crippen molar-refractivity contribution in [1.29, 1.82) is 0 Å². The Bertz CT molecular complexity index is 471. The molecule has 0 atom stereocenters. The van der Waals surface area contributed by atoms with Crippen LogP contribution in [0.1, 0.15) is 11.1 Å². The molecule has 2 rings (SSSR count). The van der Waals surface area contributed by atoms with E-state index in [-0.39, 0.29) is 0 Å². The normalized spacial score (nSPS) is 10.3. The summed E-state index contributed by atoms with van der Waals surface area (Å²) in [6.45, 7) is 4.42. The molecule has 1 heterocycles. The van der Waals surface area contributed by atoms with Crippen LogP contribution in [-0.2, 0) is 6.54 Å². The molecule has 3 heteroatoms. The molecule has 0 aliphatic heterocycles. The third-order valence-electron chi connectivity index (χ3n) is 2.62. The van der Waals surface area contributed by atoms with E-state index < -0.39 is 0 Å². The summed E-state index contributed by atoms with van der Waals surface area (Å²) < 4.78 is 5.65. The lowest BCUT2D eigenvalue weighted by Gasteiger charge is -2.08. The van der Waals surface area contributed by atoms with Crippen LogP contribution in [0, 0.1) is 6.92 Å². The number of ether oxygens (including phenoxy) is 1. The number of nitrogens with one attached hydrogen (secondary N) is 1. The first-order valence-electron chi connectivity index (χ1n) is 6.14. The van der Waals surface area contributed by atoms with E-state index in [2.05, 4.69) is 23.3 Å². The Labute approximate surface area is 108 Å². The summed E-state index contributed by atoms with van der Waals surface area (Å²) >= 11 is 0. The summed E-state index contributed by atoms with van der Waals surface area (Å²) in [5.41, 5.74) is 2.46. The maximum atomic E-state index is 5.65. The summed E-state index contributed by atoms with van der Waals surface area (Å²) in [6.07, 6.45) is 3.61. The molecule has 0 aliphatic carbocycles. The van der Waals surface area contributed by atoms with Crippen LogP contribution in [0.25, 0.3) is 0 Å². The molecule has 1 aromatic heterocycles. The number of benzene rings is 1. The van der Waals surface area contributed by atoms with E-state index in [4.69, 9.17) is 4.74 Å². The highest BCUT2D eigenvalue weighted by Gasteiger charge is 1.94. The molecule has 0 saturated carbocycles. The topological polar surface area (TPSA) is 34.1 Å². The first-order valence-corrected chi connectivity index (χ1v) is 6.14. The molecule has 0 fully saturated rings. The van der Waals surface area contributed by atoms with Crippen molar-refractivity contribution in [2.75, 3.05) is 13.2 Å². The first kappa shape index (κ1) is 12.6.